The molecule has 0 saturated carbocycles. The number of hydrogen-bond acceptors (Lipinski definition) is 8. The van der Waals surface area contributed by atoms with Gasteiger partial charge in [-0.25, -0.2) is 0 Å². The van der Waals surface area contributed by atoms with Crippen LogP contribution in [0.3, 0.4) is 0 Å². The van der Waals surface area contributed by atoms with Gasteiger partial charge in [-0.1, -0.05) is 17.3 Å². The summed E-state index contributed by atoms with van der Waals surface area (Å²) in [7, 11) is 0. The van der Waals surface area contributed by atoms with Gasteiger partial charge in [0.05, 0.1) is 11.5 Å². The molecular weight excluding hydrogens is 398 g/mol. The molecule has 0 unspecified atom stereocenters. The molecule has 9 nitrogen and oxygen atoms in total. The third-order valence-electron chi connectivity index (χ3n) is 3.56. The van der Waals surface area contributed by atoms with E-state index in [-0.39, 0.29) is 23.2 Å². The van der Waals surface area contributed by atoms with Gasteiger partial charge in [0.2, 0.25) is 5.91 Å². The second-order valence-electron chi connectivity index (χ2n) is 6.12. The average molecular weight is 419 g/mol. The summed E-state index contributed by atoms with van der Waals surface area (Å²) in [6.45, 7) is 4.56. The number of amides is 2. The Balaban J connectivity index is 1.72. The Kier molecular flexibility index (Phi) is 7.96. The van der Waals surface area contributed by atoms with Crippen molar-refractivity contribution in [1.29, 1.82) is 0 Å². The van der Waals surface area contributed by atoms with Crippen LogP contribution >= 0.6 is 11.8 Å². The zero-order valence-electron chi connectivity index (χ0n) is 16.2. The van der Waals surface area contributed by atoms with Crippen molar-refractivity contribution in [2.45, 2.75) is 26.9 Å². The van der Waals surface area contributed by atoms with Crippen LogP contribution in [0, 0.1) is 6.92 Å². The number of esters is 1. The van der Waals surface area contributed by atoms with Crippen LogP contribution in [0.15, 0.2) is 34.9 Å². The van der Waals surface area contributed by atoms with E-state index in [1.54, 1.807) is 37.3 Å². The van der Waals surface area contributed by atoms with Gasteiger partial charge in [0, 0.05) is 17.3 Å². The van der Waals surface area contributed by atoms with Crippen molar-refractivity contribution in [2.75, 3.05) is 22.1 Å². The van der Waals surface area contributed by atoms with Gasteiger partial charge in [0.15, 0.2) is 17.7 Å². The zero-order chi connectivity index (χ0) is 21.4. The monoisotopic (exact) mass is 419 g/mol. The highest BCUT2D eigenvalue weighted by Gasteiger charge is 2.18. The molecule has 2 aromatic rings. The lowest BCUT2D eigenvalue weighted by atomic mass is 10.1. The molecule has 1 heterocycles. The average Bonchev–Trinajstić information content (AvgIpc) is 3.06. The van der Waals surface area contributed by atoms with Crippen LogP contribution < -0.4 is 10.6 Å². The number of hydrogen-bond donors (Lipinski definition) is 2. The molecule has 1 atom stereocenters. The Morgan fingerprint density at radius 3 is 2.59 bits per heavy atom. The lowest BCUT2D eigenvalue weighted by molar-refractivity contribution is -0.150. The maximum absolute atomic E-state index is 12.2. The third kappa shape index (κ3) is 7.41. The van der Waals surface area contributed by atoms with E-state index < -0.39 is 18.0 Å². The topological polar surface area (TPSA) is 128 Å². The van der Waals surface area contributed by atoms with Gasteiger partial charge in [-0.05, 0) is 32.9 Å². The van der Waals surface area contributed by atoms with Crippen LogP contribution in [-0.2, 0) is 19.1 Å². The number of thioether (sulfide) groups is 1. The van der Waals surface area contributed by atoms with Crippen LogP contribution in [0.5, 0.6) is 0 Å². The van der Waals surface area contributed by atoms with Crippen LogP contribution in [0.1, 0.15) is 30.0 Å². The van der Waals surface area contributed by atoms with Gasteiger partial charge in [0.1, 0.15) is 5.76 Å². The predicted octanol–water partition coefficient (Wildman–Crippen LogP) is 2.43. The Labute approximate surface area is 171 Å². The SMILES string of the molecule is CC(=O)c1cccc(NC(=O)[C@H](C)OC(=O)CSCC(=O)Nc2cc(C)on2)c1. The van der Waals surface area contributed by atoms with Crippen molar-refractivity contribution in [3.05, 3.63) is 41.7 Å². The van der Waals surface area contributed by atoms with Gasteiger partial charge in [-0.3, -0.25) is 19.2 Å². The normalized spacial score (nSPS) is 11.4. The highest BCUT2D eigenvalue weighted by molar-refractivity contribution is 8.00. The molecule has 0 fully saturated rings. The fourth-order valence-electron chi connectivity index (χ4n) is 2.18. The van der Waals surface area contributed by atoms with Crippen LogP contribution in [0.4, 0.5) is 11.5 Å². The molecule has 154 valence electrons. The number of rotatable bonds is 9. The van der Waals surface area contributed by atoms with E-state index in [2.05, 4.69) is 15.8 Å². The molecule has 0 aliphatic rings. The molecule has 2 amide bonds. The minimum atomic E-state index is -1.03. The highest BCUT2D eigenvalue weighted by Crippen LogP contribution is 2.13. The number of benzene rings is 1. The van der Waals surface area contributed by atoms with E-state index in [1.807, 2.05) is 0 Å². The van der Waals surface area contributed by atoms with Crippen molar-refractivity contribution in [1.82, 2.24) is 5.16 Å². The first-order chi connectivity index (χ1) is 13.7. The molecular formula is C19H21N3O6S. The minimum absolute atomic E-state index is 0.0133. The molecule has 2 N–H and O–H groups in total. The summed E-state index contributed by atoms with van der Waals surface area (Å²) in [5.74, 6) is -0.829. The maximum atomic E-state index is 12.2. The molecule has 0 aliphatic heterocycles. The van der Waals surface area contributed by atoms with Gasteiger partial charge >= 0.3 is 5.97 Å². The van der Waals surface area contributed by atoms with Crippen molar-refractivity contribution in [3.8, 4) is 0 Å². The quantitative estimate of drug-likeness (QED) is 0.469. The molecule has 2 rings (SSSR count). The summed E-state index contributed by atoms with van der Waals surface area (Å²) < 4.78 is 9.90. The summed E-state index contributed by atoms with van der Waals surface area (Å²) in [6.07, 6.45) is -1.03. The standard InChI is InChI=1S/C19H21N3O6S/c1-11-7-16(22-28-11)21-17(24)9-29-10-18(25)27-13(3)19(26)20-15-6-4-5-14(8-15)12(2)23/h4-8,13H,9-10H2,1-3H3,(H,20,26)(H,21,22,24)/t13-/m0/s1. The van der Waals surface area contributed by atoms with Crippen molar-refractivity contribution >= 4 is 46.8 Å². The fraction of sp³-hybridized carbons (Fsp3) is 0.316. The lowest BCUT2D eigenvalue weighted by Crippen LogP contribution is -2.30. The Morgan fingerprint density at radius 1 is 1.17 bits per heavy atom. The number of nitrogens with zero attached hydrogens (tertiary/aromatic N) is 1. The number of aryl methyl sites for hydroxylation is 1. The molecule has 0 spiro atoms. The number of anilines is 2. The fourth-order valence-corrected chi connectivity index (χ4v) is 2.77. The van der Waals surface area contributed by atoms with Crippen molar-refractivity contribution < 1.29 is 28.4 Å². The van der Waals surface area contributed by atoms with E-state index in [9.17, 15) is 19.2 Å². The molecule has 0 bridgehead atoms. The largest absolute Gasteiger partial charge is 0.452 e. The third-order valence-corrected chi connectivity index (χ3v) is 4.47. The lowest BCUT2D eigenvalue weighted by Gasteiger charge is -2.13. The molecule has 0 saturated heterocycles. The summed E-state index contributed by atoms with van der Waals surface area (Å²) in [4.78, 5) is 47.2. The van der Waals surface area contributed by atoms with Crippen LogP contribution in [0.2, 0.25) is 0 Å². The number of ketones is 1. The summed E-state index contributed by atoms with van der Waals surface area (Å²) in [5.41, 5.74) is 0.891. The Hall–Kier alpha value is -3.14. The van der Waals surface area contributed by atoms with Gasteiger partial charge in [-0.2, -0.15) is 0 Å². The van der Waals surface area contributed by atoms with Gasteiger partial charge in [-0.15, -0.1) is 11.8 Å². The van der Waals surface area contributed by atoms with E-state index >= 15 is 0 Å². The first-order valence-corrected chi connectivity index (χ1v) is 9.82. The molecule has 0 aliphatic carbocycles. The first-order valence-electron chi connectivity index (χ1n) is 8.67. The summed E-state index contributed by atoms with van der Waals surface area (Å²) >= 11 is 1.04. The second-order valence-corrected chi connectivity index (χ2v) is 7.11. The zero-order valence-corrected chi connectivity index (χ0v) is 17.0. The smallest absolute Gasteiger partial charge is 0.316 e. The summed E-state index contributed by atoms with van der Waals surface area (Å²) in [5, 5.41) is 8.76. The van der Waals surface area contributed by atoms with E-state index in [0.29, 0.717) is 22.8 Å². The Morgan fingerprint density at radius 2 is 1.93 bits per heavy atom. The number of Topliss-reactive ketones (excluding diaryl/α,β-unsaturated/α-hetero) is 1. The highest BCUT2D eigenvalue weighted by atomic mass is 32.2. The number of carbonyl (C=O) groups is 4. The number of nitrogens with one attached hydrogen (secondary N) is 2. The van der Waals surface area contributed by atoms with Gasteiger partial charge in [0.25, 0.3) is 5.91 Å². The van der Waals surface area contributed by atoms with Crippen LogP contribution in [-0.4, -0.2) is 46.3 Å². The Bertz CT molecular complexity index is 911. The molecule has 1 aromatic heterocycles. The maximum Gasteiger partial charge on any atom is 0.316 e. The van der Waals surface area contributed by atoms with Crippen molar-refractivity contribution in [2.24, 2.45) is 0 Å². The first kappa shape index (κ1) is 22.2. The van der Waals surface area contributed by atoms with E-state index in [4.69, 9.17) is 9.26 Å². The number of aromatic nitrogens is 1. The molecule has 1 aromatic carbocycles. The van der Waals surface area contributed by atoms with Gasteiger partial charge < -0.3 is 19.9 Å². The second kappa shape index (κ2) is 10.4. The van der Waals surface area contributed by atoms with E-state index in [1.165, 1.54) is 13.8 Å². The number of ether oxygens (including phenoxy) is 1. The number of carbonyl (C=O) groups excluding carboxylic acids is 4. The molecule has 0 radical (unpaired) electrons. The van der Waals surface area contributed by atoms with Crippen molar-refractivity contribution in [3.63, 3.8) is 0 Å². The summed E-state index contributed by atoms with van der Waals surface area (Å²) in [6, 6.07) is 8.02. The predicted molar refractivity (Wildman–Crippen MR) is 108 cm³/mol. The molecule has 10 heteroatoms. The van der Waals surface area contributed by atoms with Crippen LogP contribution in [0.25, 0.3) is 0 Å². The molecule has 29 heavy (non-hydrogen) atoms. The minimum Gasteiger partial charge on any atom is -0.452 e. The van der Waals surface area contributed by atoms with E-state index in [0.717, 1.165) is 11.8 Å².